The number of fused-ring (bicyclic) bond motifs is 1. The van der Waals surface area contributed by atoms with Gasteiger partial charge < -0.3 is 9.80 Å². The van der Waals surface area contributed by atoms with E-state index in [2.05, 4.69) is 48.0 Å². The predicted molar refractivity (Wildman–Crippen MR) is 100 cm³/mol. The van der Waals surface area contributed by atoms with Crippen LogP contribution in [0.2, 0.25) is 0 Å². The molecular weight excluding hydrogens is 310 g/mol. The molecule has 3 heterocycles. The molecule has 2 aliphatic heterocycles. The Kier molecular flexibility index (Phi) is 4.20. The smallest absolute Gasteiger partial charge is 0.272 e. The minimum Gasteiger partial charge on any atom is -0.338 e. The average molecular weight is 335 g/mol. The topological polar surface area (TPSA) is 36.4 Å². The van der Waals surface area contributed by atoms with Gasteiger partial charge in [0.1, 0.15) is 5.69 Å². The van der Waals surface area contributed by atoms with Crippen molar-refractivity contribution in [3.63, 3.8) is 0 Å². The first kappa shape index (κ1) is 16.1. The van der Waals surface area contributed by atoms with Crippen molar-refractivity contribution in [3.8, 4) is 0 Å². The molecule has 130 valence electrons. The first-order valence-electron chi connectivity index (χ1n) is 9.26. The zero-order valence-electron chi connectivity index (χ0n) is 15.0. The van der Waals surface area contributed by atoms with E-state index < -0.39 is 0 Å². The van der Waals surface area contributed by atoms with Crippen LogP contribution in [0.25, 0.3) is 0 Å². The zero-order chi connectivity index (χ0) is 17.4. The lowest BCUT2D eigenvalue weighted by Crippen LogP contribution is -2.39. The lowest BCUT2D eigenvalue weighted by molar-refractivity contribution is 0.0677. The Morgan fingerprint density at radius 2 is 2.04 bits per heavy atom. The molecule has 4 rings (SSSR count). The first-order valence-corrected chi connectivity index (χ1v) is 9.26. The molecule has 2 aromatic rings. The molecule has 2 aliphatic rings. The molecule has 1 amide bonds. The van der Waals surface area contributed by atoms with Crippen molar-refractivity contribution < 1.29 is 4.79 Å². The number of aromatic nitrogens is 1. The van der Waals surface area contributed by atoms with Crippen molar-refractivity contribution >= 4 is 17.3 Å². The maximum absolute atomic E-state index is 12.9. The van der Waals surface area contributed by atoms with E-state index in [9.17, 15) is 4.79 Å². The van der Waals surface area contributed by atoms with Gasteiger partial charge in [-0.2, -0.15) is 0 Å². The van der Waals surface area contributed by atoms with Crippen LogP contribution in [0.15, 0.2) is 42.6 Å². The minimum atomic E-state index is 0.0635. The van der Waals surface area contributed by atoms with E-state index in [0.29, 0.717) is 17.7 Å². The maximum atomic E-state index is 12.9. The standard InChI is InChI=1S/C21H25N3O/c1-15-6-5-11-23(14-15)21(25)19-13-18(9-10-22-19)24-16(2)12-17-7-3-4-8-20(17)24/h3-4,7-10,13,15-16H,5-6,11-12,14H2,1-2H3. The Bertz CT molecular complexity index is 788. The fourth-order valence-corrected chi connectivity index (χ4v) is 4.18. The van der Waals surface area contributed by atoms with E-state index in [4.69, 9.17) is 0 Å². The van der Waals surface area contributed by atoms with Crippen LogP contribution in [0.3, 0.4) is 0 Å². The molecule has 4 heteroatoms. The van der Waals surface area contributed by atoms with Gasteiger partial charge in [-0.3, -0.25) is 9.78 Å². The fourth-order valence-electron chi connectivity index (χ4n) is 4.18. The van der Waals surface area contributed by atoms with Crippen LogP contribution in [-0.4, -0.2) is 34.9 Å². The number of rotatable bonds is 2. The number of pyridine rings is 1. The molecule has 1 saturated heterocycles. The summed E-state index contributed by atoms with van der Waals surface area (Å²) in [4.78, 5) is 21.5. The van der Waals surface area contributed by atoms with Gasteiger partial charge in [0.05, 0.1) is 0 Å². The molecule has 2 unspecified atom stereocenters. The van der Waals surface area contributed by atoms with Crippen molar-refractivity contribution in [2.45, 2.75) is 39.2 Å². The quantitative estimate of drug-likeness (QED) is 0.831. The van der Waals surface area contributed by atoms with Gasteiger partial charge in [0.25, 0.3) is 5.91 Å². The van der Waals surface area contributed by atoms with Crippen LogP contribution in [0.1, 0.15) is 42.7 Å². The summed E-state index contributed by atoms with van der Waals surface area (Å²) in [6.45, 7) is 6.13. The number of likely N-dealkylation sites (tertiary alicyclic amines) is 1. The lowest BCUT2D eigenvalue weighted by Gasteiger charge is -2.31. The summed E-state index contributed by atoms with van der Waals surface area (Å²) in [6, 6.07) is 12.9. The Morgan fingerprint density at radius 3 is 2.88 bits per heavy atom. The Labute approximate surface area is 149 Å². The third-order valence-electron chi connectivity index (χ3n) is 5.39. The zero-order valence-corrected chi connectivity index (χ0v) is 15.0. The highest BCUT2D eigenvalue weighted by Gasteiger charge is 2.28. The molecule has 0 N–H and O–H groups in total. The number of anilines is 2. The summed E-state index contributed by atoms with van der Waals surface area (Å²) in [5.41, 5.74) is 4.22. The van der Waals surface area contributed by atoms with Gasteiger partial charge >= 0.3 is 0 Å². The number of amides is 1. The van der Waals surface area contributed by atoms with Crippen molar-refractivity contribution in [1.29, 1.82) is 0 Å². The molecule has 0 spiro atoms. The number of hydrogen-bond donors (Lipinski definition) is 0. The first-order chi connectivity index (χ1) is 12.1. The Morgan fingerprint density at radius 1 is 1.20 bits per heavy atom. The lowest BCUT2D eigenvalue weighted by atomic mass is 10.00. The predicted octanol–water partition coefficient (Wildman–Crippen LogP) is 4.04. The van der Waals surface area contributed by atoms with E-state index in [1.807, 2.05) is 17.0 Å². The largest absolute Gasteiger partial charge is 0.338 e. The summed E-state index contributed by atoms with van der Waals surface area (Å²) in [7, 11) is 0. The van der Waals surface area contributed by atoms with Gasteiger partial charge in [0.15, 0.2) is 0 Å². The van der Waals surface area contributed by atoms with Crippen LogP contribution in [0, 0.1) is 5.92 Å². The highest BCUT2D eigenvalue weighted by Crippen LogP contribution is 2.38. The highest BCUT2D eigenvalue weighted by atomic mass is 16.2. The average Bonchev–Trinajstić information content (AvgIpc) is 2.97. The van der Waals surface area contributed by atoms with E-state index in [-0.39, 0.29) is 5.91 Å². The molecule has 2 atom stereocenters. The van der Waals surface area contributed by atoms with Crippen molar-refractivity contribution in [1.82, 2.24) is 9.88 Å². The van der Waals surface area contributed by atoms with E-state index >= 15 is 0 Å². The second kappa shape index (κ2) is 6.51. The van der Waals surface area contributed by atoms with Crippen LogP contribution >= 0.6 is 0 Å². The summed E-state index contributed by atoms with van der Waals surface area (Å²) in [5.74, 6) is 0.639. The van der Waals surface area contributed by atoms with Crippen molar-refractivity contribution in [2.24, 2.45) is 5.92 Å². The number of hydrogen-bond acceptors (Lipinski definition) is 3. The van der Waals surface area contributed by atoms with Crippen LogP contribution in [0.5, 0.6) is 0 Å². The normalized spacial score (nSPS) is 22.8. The van der Waals surface area contributed by atoms with Gasteiger partial charge in [-0.1, -0.05) is 25.1 Å². The van der Waals surface area contributed by atoms with Gasteiger partial charge in [0, 0.05) is 36.7 Å². The van der Waals surface area contributed by atoms with Crippen molar-refractivity contribution in [3.05, 3.63) is 53.9 Å². The fraction of sp³-hybridized carbons (Fsp3) is 0.429. The summed E-state index contributed by atoms with van der Waals surface area (Å²) in [6.07, 6.45) is 5.09. The number of carbonyl (C=O) groups excluding carboxylic acids is 1. The molecule has 25 heavy (non-hydrogen) atoms. The van der Waals surface area contributed by atoms with Crippen LogP contribution in [-0.2, 0) is 6.42 Å². The molecule has 4 nitrogen and oxygen atoms in total. The van der Waals surface area contributed by atoms with E-state index in [0.717, 1.165) is 31.6 Å². The Balaban J connectivity index is 1.63. The van der Waals surface area contributed by atoms with Crippen LogP contribution < -0.4 is 4.90 Å². The van der Waals surface area contributed by atoms with Crippen LogP contribution in [0.4, 0.5) is 11.4 Å². The Hall–Kier alpha value is -2.36. The third kappa shape index (κ3) is 3.01. The summed E-state index contributed by atoms with van der Waals surface area (Å²) >= 11 is 0. The van der Waals surface area contributed by atoms with Gasteiger partial charge in [0.2, 0.25) is 0 Å². The summed E-state index contributed by atoms with van der Waals surface area (Å²) in [5, 5.41) is 0. The number of carbonyl (C=O) groups is 1. The summed E-state index contributed by atoms with van der Waals surface area (Å²) < 4.78 is 0. The second-order valence-corrected chi connectivity index (χ2v) is 7.45. The van der Waals surface area contributed by atoms with E-state index in [1.54, 1.807) is 6.20 Å². The van der Waals surface area contributed by atoms with Crippen molar-refractivity contribution in [2.75, 3.05) is 18.0 Å². The molecule has 1 aromatic heterocycles. The number of benzene rings is 1. The molecule has 0 radical (unpaired) electrons. The molecule has 0 bridgehead atoms. The van der Waals surface area contributed by atoms with Gasteiger partial charge in [-0.05, 0) is 55.9 Å². The number of nitrogens with zero attached hydrogens (tertiary/aromatic N) is 3. The molecule has 1 fully saturated rings. The molecular formula is C21H25N3O. The molecule has 1 aromatic carbocycles. The maximum Gasteiger partial charge on any atom is 0.272 e. The minimum absolute atomic E-state index is 0.0635. The number of para-hydroxylation sites is 1. The van der Waals surface area contributed by atoms with Gasteiger partial charge in [-0.25, -0.2) is 0 Å². The van der Waals surface area contributed by atoms with Gasteiger partial charge in [-0.15, -0.1) is 0 Å². The molecule has 0 aliphatic carbocycles. The number of piperidine rings is 1. The monoisotopic (exact) mass is 335 g/mol. The second-order valence-electron chi connectivity index (χ2n) is 7.45. The molecule has 0 saturated carbocycles. The highest BCUT2D eigenvalue weighted by molar-refractivity contribution is 5.93. The SMILES string of the molecule is CC1CCCN(C(=O)c2cc(N3c4ccccc4CC3C)ccn2)C1. The van der Waals surface area contributed by atoms with E-state index in [1.165, 1.54) is 17.7 Å². The third-order valence-corrected chi connectivity index (χ3v) is 5.39.